The predicted octanol–water partition coefficient (Wildman–Crippen LogP) is 2.19. The molecule has 0 spiro atoms. The maximum Gasteiger partial charge on any atom is 0.320 e. The summed E-state index contributed by atoms with van der Waals surface area (Å²) in [6.07, 6.45) is 0.996. The summed E-state index contributed by atoms with van der Waals surface area (Å²) in [5.41, 5.74) is 0.962. The first-order chi connectivity index (χ1) is 20.4. The van der Waals surface area contributed by atoms with E-state index in [9.17, 15) is 14.0 Å². The van der Waals surface area contributed by atoms with Crippen LogP contribution in [0.2, 0.25) is 0 Å². The van der Waals surface area contributed by atoms with Gasteiger partial charge in [0.2, 0.25) is 5.62 Å². The van der Waals surface area contributed by atoms with Gasteiger partial charge in [0, 0.05) is 44.3 Å². The number of carbonyl (C=O) groups is 2. The smallest absolute Gasteiger partial charge is 0.320 e. The van der Waals surface area contributed by atoms with Gasteiger partial charge in [-0.25, -0.2) is 19.2 Å². The number of ether oxygens (including phenoxy) is 3. The maximum atomic E-state index is 13.1. The third-order valence-electron chi connectivity index (χ3n) is 6.88. The molecule has 0 aliphatic carbocycles. The molecule has 3 N–H and O–H groups in total. The first kappa shape index (κ1) is 29.2. The Labute approximate surface area is 242 Å². The Hall–Kier alpha value is -4.30. The van der Waals surface area contributed by atoms with Gasteiger partial charge in [-0.15, -0.1) is 0 Å². The van der Waals surface area contributed by atoms with Gasteiger partial charge in [0.05, 0.1) is 39.0 Å². The largest absolute Gasteiger partial charge is 0.491 e. The number of nitrogens with zero attached hydrogens (tertiary/aromatic N) is 5. The Bertz CT molecular complexity index is 1490. The van der Waals surface area contributed by atoms with Crippen LogP contribution < -0.4 is 31.0 Å². The highest BCUT2D eigenvalue weighted by molar-refractivity contribution is 5.97. The topological polar surface area (TPSA) is 144 Å². The highest BCUT2D eigenvalue weighted by atomic mass is 19.1. The molecule has 2 aromatic heterocycles. The quantitative estimate of drug-likeness (QED) is 0.307. The molecule has 2 aliphatic heterocycles. The third kappa shape index (κ3) is 6.94. The number of carbonyl (C=O) groups excluding carboxylic acids is 2. The molecular weight excluding hydrogens is 547 g/mol. The van der Waals surface area contributed by atoms with Crippen molar-refractivity contribution in [1.82, 2.24) is 24.8 Å². The molecule has 224 valence electrons. The van der Waals surface area contributed by atoms with Crippen molar-refractivity contribution >= 4 is 34.5 Å². The van der Waals surface area contributed by atoms with Crippen molar-refractivity contribution in [2.45, 2.75) is 26.1 Å². The summed E-state index contributed by atoms with van der Waals surface area (Å²) >= 11 is 0. The number of hydrogen-bond acceptors (Lipinski definition) is 9. The number of methoxy groups -OCH3 is 1. The summed E-state index contributed by atoms with van der Waals surface area (Å²) < 4.78 is 32.0. The summed E-state index contributed by atoms with van der Waals surface area (Å²) in [5, 5.41) is 9.06. The molecule has 4 heterocycles. The second-order valence-electron chi connectivity index (χ2n) is 9.95. The molecule has 3 amide bonds. The molecule has 13 nitrogen and oxygen atoms in total. The van der Waals surface area contributed by atoms with Gasteiger partial charge in [-0.3, -0.25) is 19.6 Å². The first-order valence-electron chi connectivity index (χ1n) is 14.0. The van der Waals surface area contributed by atoms with E-state index >= 15 is 0 Å². The summed E-state index contributed by atoms with van der Waals surface area (Å²) in [4.78, 5) is 40.4. The summed E-state index contributed by atoms with van der Waals surface area (Å²) in [6, 6.07) is 6.18. The number of urea groups is 1. The van der Waals surface area contributed by atoms with Gasteiger partial charge >= 0.3 is 6.03 Å². The fourth-order valence-corrected chi connectivity index (χ4v) is 4.78. The van der Waals surface area contributed by atoms with E-state index in [0.717, 1.165) is 50.5 Å². The fourth-order valence-electron chi connectivity index (χ4n) is 4.78. The normalized spacial score (nSPS) is 16.0. The molecule has 0 radical (unpaired) electrons. The van der Waals surface area contributed by atoms with Gasteiger partial charge in [0.25, 0.3) is 5.91 Å². The van der Waals surface area contributed by atoms with E-state index in [-0.39, 0.29) is 23.5 Å². The number of halogens is 1. The summed E-state index contributed by atoms with van der Waals surface area (Å²) in [7, 11) is 1.56. The highest BCUT2D eigenvalue weighted by Gasteiger charge is 2.21. The number of pyridine rings is 1. The summed E-state index contributed by atoms with van der Waals surface area (Å²) in [5.74, 6) is 1.48. The Morgan fingerprint density at radius 1 is 1.21 bits per heavy atom. The van der Waals surface area contributed by atoms with Crippen LogP contribution in [0.3, 0.4) is 0 Å². The van der Waals surface area contributed by atoms with Gasteiger partial charge in [0.15, 0.2) is 11.5 Å². The molecule has 3 aromatic rings. The lowest BCUT2D eigenvalue weighted by atomic mass is 10.2. The molecule has 42 heavy (non-hydrogen) atoms. The number of alkyl halides is 1. The lowest BCUT2D eigenvalue weighted by molar-refractivity contribution is 0.0357. The number of benzene rings is 1. The van der Waals surface area contributed by atoms with Crippen molar-refractivity contribution in [2.24, 2.45) is 4.99 Å². The predicted molar refractivity (Wildman–Crippen MR) is 154 cm³/mol. The van der Waals surface area contributed by atoms with Crippen LogP contribution in [-0.2, 0) is 11.3 Å². The molecule has 1 aromatic carbocycles. The number of morpholine rings is 1. The van der Waals surface area contributed by atoms with E-state index in [1.807, 2.05) is 16.7 Å². The molecule has 1 atom stereocenters. The molecule has 1 saturated heterocycles. The zero-order valence-corrected chi connectivity index (χ0v) is 23.7. The molecule has 2 aliphatic rings. The lowest BCUT2D eigenvalue weighted by Gasteiger charge is -2.26. The number of aromatic nitrogens is 3. The standard InChI is InChI=1S/C28H35FN8O5/c1-18(29)16-32-28(39)33-22-7-4-19(17-31-22)26(38)35-27-34-23-20(25-30-8-10-37(25)27)5-6-21(24(23)40-2)42-13-3-9-36-11-14-41-15-12-36/h4-7,17-18,30H,3,8-16H2,1-2H3,(H2,31,32,33,39). The van der Waals surface area contributed by atoms with E-state index in [4.69, 9.17) is 19.2 Å². The Morgan fingerprint density at radius 2 is 2.05 bits per heavy atom. The minimum atomic E-state index is -1.17. The molecule has 1 fully saturated rings. The van der Waals surface area contributed by atoms with Crippen LogP contribution in [0.15, 0.2) is 35.5 Å². The van der Waals surface area contributed by atoms with Crippen LogP contribution in [0.5, 0.6) is 11.5 Å². The van der Waals surface area contributed by atoms with Gasteiger partial charge < -0.3 is 24.8 Å². The van der Waals surface area contributed by atoms with Gasteiger partial charge in [-0.05, 0) is 37.6 Å². The van der Waals surface area contributed by atoms with E-state index in [1.54, 1.807) is 7.11 Å². The fraction of sp³-hybridized carbons (Fsp3) is 0.464. The Morgan fingerprint density at radius 3 is 2.79 bits per heavy atom. The summed E-state index contributed by atoms with van der Waals surface area (Å²) in [6.45, 7) is 7.28. The molecular formula is C28H35FN8O5. The average Bonchev–Trinajstić information content (AvgIpc) is 3.50. The number of amides is 3. The van der Waals surface area contributed by atoms with Crippen LogP contribution in [0.4, 0.5) is 20.8 Å². The second kappa shape index (κ2) is 13.6. The van der Waals surface area contributed by atoms with Crippen LogP contribution in [0.25, 0.3) is 10.9 Å². The van der Waals surface area contributed by atoms with Crippen LogP contribution in [0.1, 0.15) is 23.7 Å². The average molecular weight is 583 g/mol. The Balaban J connectivity index is 1.35. The SMILES string of the molecule is COc1c(OCCCN2CCOCC2)ccc2c3n(c(=NC(=O)c4ccc(NC(=O)NCC(C)F)nc4)nc12)CCN3. The van der Waals surface area contributed by atoms with E-state index in [2.05, 4.69) is 30.8 Å². The number of anilines is 2. The van der Waals surface area contributed by atoms with Gasteiger partial charge in [-0.2, -0.15) is 4.99 Å². The van der Waals surface area contributed by atoms with Crippen LogP contribution >= 0.6 is 0 Å². The lowest BCUT2D eigenvalue weighted by Crippen LogP contribution is -2.37. The van der Waals surface area contributed by atoms with E-state index in [0.29, 0.717) is 36.7 Å². The van der Waals surface area contributed by atoms with Crippen molar-refractivity contribution in [3.05, 3.63) is 41.6 Å². The van der Waals surface area contributed by atoms with Crippen molar-refractivity contribution in [2.75, 3.05) is 70.3 Å². The van der Waals surface area contributed by atoms with E-state index < -0.39 is 18.1 Å². The number of nitrogens with one attached hydrogen (secondary N) is 3. The molecule has 0 bridgehead atoms. The monoisotopic (exact) mass is 582 g/mol. The second-order valence-corrected chi connectivity index (χ2v) is 9.95. The molecule has 5 rings (SSSR count). The van der Waals surface area contributed by atoms with Gasteiger partial charge in [0.1, 0.15) is 23.3 Å². The minimum absolute atomic E-state index is 0.121. The molecule has 1 unspecified atom stereocenters. The minimum Gasteiger partial charge on any atom is -0.491 e. The van der Waals surface area contributed by atoms with Crippen LogP contribution in [-0.4, -0.2) is 97.2 Å². The zero-order valence-electron chi connectivity index (χ0n) is 23.7. The first-order valence-corrected chi connectivity index (χ1v) is 14.0. The zero-order chi connectivity index (χ0) is 29.5. The van der Waals surface area contributed by atoms with Crippen molar-refractivity contribution < 1.29 is 28.2 Å². The number of rotatable bonds is 10. The Kier molecular flexibility index (Phi) is 9.44. The van der Waals surface area contributed by atoms with Gasteiger partial charge in [-0.1, -0.05) is 0 Å². The highest BCUT2D eigenvalue weighted by Crippen LogP contribution is 2.37. The number of fused-ring (bicyclic) bond motifs is 3. The third-order valence-corrected chi connectivity index (χ3v) is 6.88. The number of hydrogen-bond donors (Lipinski definition) is 3. The van der Waals surface area contributed by atoms with Crippen molar-refractivity contribution in [3.63, 3.8) is 0 Å². The molecule has 14 heteroatoms. The maximum absolute atomic E-state index is 13.1. The van der Waals surface area contributed by atoms with Crippen molar-refractivity contribution in [3.8, 4) is 11.5 Å². The molecule has 0 saturated carbocycles. The van der Waals surface area contributed by atoms with Crippen molar-refractivity contribution in [1.29, 1.82) is 0 Å². The van der Waals surface area contributed by atoms with Crippen LogP contribution in [0, 0.1) is 0 Å². The van der Waals surface area contributed by atoms with E-state index in [1.165, 1.54) is 25.3 Å².